The molecule has 1 aliphatic rings. The summed E-state index contributed by atoms with van der Waals surface area (Å²) in [6.07, 6.45) is 5.50. The summed E-state index contributed by atoms with van der Waals surface area (Å²) in [7, 11) is 3.42. The Kier molecular flexibility index (Phi) is 8.44. The molecular formula is C22H31ClN4O4. The average molecular weight is 451 g/mol. The van der Waals surface area contributed by atoms with E-state index in [1.807, 2.05) is 0 Å². The molecule has 0 bridgehead atoms. The molecule has 3 amide bonds. The SMILES string of the molecule is CN(C)C(=O)[C@H]1CC[C@H](NC(=O)/C=C/c2ccc(Cl)cn2)[C@H](NC(=O)OC(C)(C)C)C1. The van der Waals surface area contributed by atoms with E-state index in [2.05, 4.69) is 15.6 Å². The smallest absolute Gasteiger partial charge is 0.407 e. The summed E-state index contributed by atoms with van der Waals surface area (Å²) in [5.41, 5.74) is -0.0479. The maximum atomic E-state index is 12.5. The molecule has 0 unspecified atom stereocenters. The number of amides is 3. The van der Waals surface area contributed by atoms with Gasteiger partial charge in [-0.05, 0) is 58.2 Å². The molecule has 8 nitrogen and oxygen atoms in total. The molecule has 170 valence electrons. The van der Waals surface area contributed by atoms with Gasteiger partial charge in [0.15, 0.2) is 0 Å². The lowest BCUT2D eigenvalue weighted by Crippen LogP contribution is -2.56. The third-order valence-corrected chi connectivity index (χ3v) is 5.05. The Bertz CT molecular complexity index is 818. The lowest BCUT2D eigenvalue weighted by molar-refractivity contribution is -0.134. The van der Waals surface area contributed by atoms with Gasteiger partial charge in [-0.3, -0.25) is 14.6 Å². The first kappa shape index (κ1) is 24.7. The highest BCUT2D eigenvalue weighted by atomic mass is 35.5. The van der Waals surface area contributed by atoms with Crippen molar-refractivity contribution in [3.8, 4) is 0 Å². The standard InChI is InChI=1S/C22H31ClN4O4/c1-22(2,3)31-21(30)26-18-12-14(20(29)27(4)5)6-10-17(18)25-19(28)11-9-16-8-7-15(23)13-24-16/h7-9,11,13-14,17-18H,6,10,12H2,1-5H3,(H,25,28)(H,26,30)/b11-9+/t14-,17-,18+/m0/s1. The fraction of sp³-hybridized carbons (Fsp3) is 0.545. The molecule has 0 spiro atoms. The van der Waals surface area contributed by atoms with Gasteiger partial charge >= 0.3 is 6.09 Å². The van der Waals surface area contributed by atoms with E-state index in [9.17, 15) is 14.4 Å². The van der Waals surface area contributed by atoms with Gasteiger partial charge in [-0.15, -0.1) is 0 Å². The van der Waals surface area contributed by atoms with Gasteiger partial charge in [0, 0.05) is 38.3 Å². The normalized spacial score (nSPS) is 21.4. The Hall–Kier alpha value is -2.61. The van der Waals surface area contributed by atoms with E-state index in [0.29, 0.717) is 30.0 Å². The second-order valence-electron chi connectivity index (χ2n) is 8.85. The van der Waals surface area contributed by atoms with Gasteiger partial charge < -0.3 is 20.3 Å². The van der Waals surface area contributed by atoms with Crippen LogP contribution in [0.5, 0.6) is 0 Å². The fourth-order valence-electron chi connectivity index (χ4n) is 3.43. The second-order valence-corrected chi connectivity index (χ2v) is 9.28. The molecule has 1 heterocycles. The minimum atomic E-state index is -0.648. The predicted octanol–water partition coefficient (Wildman–Crippen LogP) is 3.01. The van der Waals surface area contributed by atoms with Crippen molar-refractivity contribution in [3.63, 3.8) is 0 Å². The van der Waals surface area contributed by atoms with Crippen LogP contribution in [-0.2, 0) is 14.3 Å². The quantitative estimate of drug-likeness (QED) is 0.671. The van der Waals surface area contributed by atoms with E-state index in [0.717, 1.165) is 0 Å². The number of hydrogen-bond acceptors (Lipinski definition) is 5. The number of nitrogens with zero attached hydrogens (tertiary/aromatic N) is 2. The van der Waals surface area contributed by atoms with Crippen molar-refractivity contribution in [2.24, 2.45) is 5.92 Å². The number of aromatic nitrogens is 1. The topological polar surface area (TPSA) is 101 Å². The first-order valence-corrected chi connectivity index (χ1v) is 10.6. The van der Waals surface area contributed by atoms with Crippen molar-refractivity contribution in [2.45, 2.75) is 57.7 Å². The molecular weight excluding hydrogens is 420 g/mol. The summed E-state index contributed by atoms with van der Waals surface area (Å²) in [6.45, 7) is 5.34. The summed E-state index contributed by atoms with van der Waals surface area (Å²) in [6, 6.07) is 2.64. The molecule has 1 fully saturated rings. The van der Waals surface area contributed by atoms with Gasteiger partial charge in [0.05, 0.1) is 16.8 Å². The van der Waals surface area contributed by atoms with Crippen LogP contribution in [0.25, 0.3) is 6.08 Å². The van der Waals surface area contributed by atoms with Crippen LogP contribution in [0, 0.1) is 5.92 Å². The minimum Gasteiger partial charge on any atom is -0.444 e. The van der Waals surface area contributed by atoms with Gasteiger partial charge in [-0.2, -0.15) is 0 Å². The lowest BCUT2D eigenvalue weighted by atomic mass is 9.81. The Morgan fingerprint density at radius 2 is 1.87 bits per heavy atom. The number of ether oxygens (including phenoxy) is 1. The molecule has 31 heavy (non-hydrogen) atoms. The number of alkyl carbamates (subject to hydrolysis) is 1. The van der Waals surface area contributed by atoms with Gasteiger partial charge in [-0.1, -0.05) is 11.6 Å². The number of rotatable bonds is 5. The summed E-state index contributed by atoms with van der Waals surface area (Å²) in [5, 5.41) is 6.29. The number of halogens is 1. The monoisotopic (exact) mass is 450 g/mol. The largest absolute Gasteiger partial charge is 0.444 e. The molecule has 1 aromatic heterocycles. The van der Waals surface area contributed by atoms with E-state index in [-0.39, 0.29) is 23.8 Å². The molecule has 0 saturated heterocycles. The zero-order valence-corrected chi connectivity index (χ0v) is 19.4. The molecule has 1 saturated carbocycles. The van der Waals surface area contributed by atoms with E-state index in [1.54, 1.807) is 58.0 Å². The number of carbonyl (C=O) groups is 3. The Labute approximate surface area is 188 Å². The van der Waals surface area contributed by atoms with Crippen molar-refractivity contribution in [1.29, 1.82) is 0 Å². The van der Waals surface area contributed by atoms with Gasteiger partial charge in [-0.25, -0.2) is 4.79 Å². The first-order valence-electron chi connectivity index (χ1n) is 10.3. The summed E-state index contributed by atoms with van der Waals surface area (Å²) in [5.74, 6) is -0.526. The van der Waals surface area contributed by atoms with Crippen LogP contribution in [0.4, 0.5) is 4.79 Å². The predicted molar refractivity (Wildman–Crippen MR) is 119 cm³/mol. The molecule has 9 heteroatoms. The number of nitrogens with one attached hydrogen (secondary N) is 2. The first-order chi connectivity index (χ1) is 14.4. The number of hydrogen-bond donors (Lipinski definition) is 2. The minimum absolute atomic E-state index is 0.00877. The summed E-state index contributed by atoms with van der Waals surface area (Å²) in [4.78, 5) is 42.9. The molecule has 1 aliphatic carbocycles. The number of carbonyl (C=O) groups excluding carboxylic acids is 3. The van der Waals surface area contributed by atoms with Crippen LogP contribution in [0.15, 0.2) is 24.4 Å². The lowest BCUT2D eigenvalue weighted by Gasteiger charge is -2.37. The van der Waals surface area contributed by atoms with Crippen molar-refractivity contribution in [1.82, 2.24) is 20.5 Å². The van der Waals surface area contributed by atoms with E-state index in [1.165, 1.54) is 12.3 Å². The highest BCUT2D eigenvalue weighted by Crippen LogP contribution is 2.26. The highest BCUT2D eigenvalue weighted by molar-refractivity contribution is 6.30. The Morgan fingerprint density at radius 3 is 2.45 bits per heavy atom. The molecule has 2 rings (SSSR count). The van der Waals surface area contributed by atoms with Gasteiger partial charge in [0.1, 0.15) is 5.60 Å². The third-order valence-electron chi connectivity index (χ3n) is 4.83. The average Bonchev–Trinajstić information content (AvgIpc) is 2.66. The van der Waals surface area contributed by atoms with Crippen LogP contribution >= 0.6 is 11.6 Å². The van der Waals surface area contributed by atoms with Crippen molar-refractivity contribution in [3.05, 3.63) is 35.1 Å². The van der Waals surface area contributed by atoms with Crippen LogP contribution in [0.3, 0.4) is 0 Å². The van der Waals surface area contributed by atoms with Crippen LogP contribution in [0.1, 0.15) is 45.7 Å². The zero-order chi connectivity index (χ0) is 23.2. The molecule has 0 aromatic carbocycles. The molecule has 2 N–H and O–H groups in total. The van der Waals surface area contributed by atoms with Crippen molar-refractivity contribution >= 4 is 35.6 Å². The highest BCUT2D eigenvalue weighted by Gasteiger charge is 2.36. The Balaban J connectivity index is 2.06. The van der Waals surface area contributed by atoms with Gasteiger partial charge in [0.25, 0.3) is 0 Å². The zero-order valence-electron chi connectivity index (χ0n) is 18.6. The molecule has 0 radical (unpaired) electrons. The summed E-state index contributed by atoms with van der Waals surface area (Å²) >= 11 is 5.82. The van der Waals surface area contributed by atoms with Crippen LogP contribution < -0.4 is 10.6 Å². The molecule has 3 atom stereocenters. The third kappa shape index (κ3) is 8.20. The Morgan fingerprint density at radius 1 is 1.16 bits per heavy atom. The fourth-order valence-corrected chi connectivity index (χ4v) is 3.54. The van der Waals surface area contributed by atoms with E-state index in [4.69, 9.17) is 16.3 Å². The molecule has 1 aromatic rings. The van der Waals surface area contributed by atoms with Gasteiger partial charge in [0.2, 0.25) is 11.8 Å². The van der Waals surface area contributed by atoms with Crippen LogP contribution in [-0.4, -0.2) is 59.6 Å². The summed E-state index contributed by atoms with van der Waals surface area (Å²) < 4.78 is 5.36. The maximum absolute atomic E-state index is 12.5. The van der Waals surface area contributed by atoms with E-state index >= 15 is 0 Å². The second kappa shape index (κ2) is 10.6. The van der Waals surface area contributed by atoms with Crippen molar-refractivity contribution in [2.75, 3.05) is 14.1 Å². The molecule has 0 aliphatic heterocycles. The maximum Gasteiger partial charge on any atom is 0.407 e. The van der Waals surface area contributed by atoms with E-state index < -0.39 is 17.7 Å². The number of pyridine rings is 1. The van der Waals surface area contributed by atoms with Crippen LogP contribution in [0.2, 0.25) is 5.02 Å². The van der Waals surface area contributed by atoms with Crippen molar-refractivity contribution < 1.29 is 19.1 Å².